The van der Waals surface area contributed by atoms with Gasteiger partial charge in [0.25, 0.3) is 0 Å². The van der Waals surface area contributed by atoms with E-state index in [1.165, 1.54) is 15.2 Å². The summed E-state index contributed by atoms with van der Waals surface area (Å²) in [4.78, 5) is 2.21. The van der Waals surface area contributed by atoms with E-state index in [4.69, 9.17) is 0 Å². The van der Waals surface area contributed by atoms with Gasteiger partial charge in [0, 0.05) is 32.4 Å². The van der Waals surface area contributed by atoms with Gasteiger partial charge in [0.2, 0.25) is 10.0 Å². The third-order valence-electron chi connectivity index (χ3n) is 4.04. The standard InChI is InChI=1S/C13H24N4O3S/c1-10-13(9-16(4)14-10)21(19,20)17-7-5-11(15(2)3)12(18)6-8-17/h9,11-12,18H,5-8H2,1-4H3/t11-,12-/m0/s1. The average Bonchev–Trinajstić information content (AvgIpc) is 2.59. The fourth-order valence-corrected chi connectivity index (χ4v) is 4.53. The number of hydrogen-bond acceptors (Lipinski definition) is 5. The van der Waals surface area contributed by atoms with E-state index < -0.39 is 16.1 Å². The van der Waals surface area contributed by atoms with Gasteiger partial charge in [0.05, 0.1) is 11.8 Å². The molecule has 0 radical (unpaired) electrons. The zero-order valence-corrected chi connectivity index (χ0v) is 13.8. The summed E-state index contributed by atoms with van der Waals surface area (Å²) in [7, 11) is 1.97. The number of likely N-dealkylation sites (N-methyl/N-ethyl adjacent to an activating group) is 1. The molecule has 0 aliphatic carbocycles. The van der Waals surface area contributed by atoms with Crippen LogP contribution in [0.2, 0.25) is 0 Å². The van der Waals surface area contributed by atoms with E-state index >= 15 is 0 Å². The summed E-state index contributed by atoms with van der Waals surface area (Å²) >= 11 is 0. The van der Waals surface area contributed by atoms with E-state index in [0.717, 1.165) is 0 Å². The molecule has 2 rings (SSSR count). The SMILES string of the molecule is Cc1nn(C)cc1S(=O)(=O)N1CC[C@H](O)[C@@H](N(C)C)CC1. The molecular formula is C13H24N4O3S. The van der Waals surface area contributed by atoms with E-state index in [0.29, 0.717) is 31.6 Å². The Morgan fingerprint density at radius 1 is 1.33 bits per heavy atom. The number of rotatable bonds is 3. The van der Waals surface area contributed by atoms with Gasteiger partial charge in [-0.3, -0.25) is 4.68 Å². The first-order chi connectivity index (χ1) is 9.73. The van der Waals surface area contributed by atoms with Crippen LogP contribution in [-0.2, 0) is 17.1 Å². The molecule has 2 heterocycles. The van der Waals surface area contributed by atoms with Crippen molar-refractivity contribution in [3.8, 4) is 0 Å². The average molecular weight is 316 g/mol. The highest BCUT2D eigenvalue weighted by molar-refractivity contribution is 7.89. The fourth-order valence-electron chi connectivity index (χ4n) is 2.86. The van der Waals surface area contributed by atoms with Gasteiger partial charge >= 0.3 is 0 Å². The Morgan fingerprint density at radius 2 is 1.95 bits per heavy atom. The van der Waals surface area contributed by atoms with Crippen LogP contribution in [0, 0.1) is 6.92 Å². The molecular weight excluding hydrogens is 292 g/mol. The number of aliphatic hydroxyl groups excluding tert-OH is 1. The van der Waals surface area contributed by atoms with Crippen LogP contribution in [0.15, 0.2) is 11.1 Å². The zero-order valence-electron chi connectivity index (χ0n) is 13.0. The highest BCUT2D eigenvalue weighted by Crippen LogP contribution is 2.23. The van der Waals surface area contributed by atoms with Gasteiger partial charge in [-0.25, -0.2) is 8.42 Å². The molecule has 1 aliphatic heterocycles. The van der Waals surface area contributed by atoms with Crippen molar-refractivity contribution < 1.29 is 13.5 Å². The van der Waals surface area contributed by atoms with Crippen molar-refractivity contribution in [3.05, 3.63) is 11.9 Å². The Morgan fingerprint density at radius 3 is 2.48 bits per heavy atom. The Hall–Kier alpha value is -0.960. The molecule has 8 heteroatoms. The number of aliphatic hydroxyl groups is 1. The fraction of sp³-hybridized carbons (Fsp3) is 0.769. The monoisotopic (exact) mass is 316 g/mol. The number of hydrogen-bond donors (Lipinski definition) is 1. The van der Waals surface area contributed by atoms with Crippen LogP contribution < -0.4 is 0 Å². The molecule has 21 heavy (non-hydrogen) atoms. The summed E-state index contributed by atoms with van der Waals surface area (Å²) in [6.07, 6.45) is 2.10. The van der Waals surface area contributed by atoms with E-state index in [-0.39, 0.29) is 10.9 Å². The maximum Gasteiger partial charge on any atom is 0.246 e. The molecule has 0 bridgehead atoms. The molecule has 1 aromatic rings. The lowest BCUT2D eigenvalue weighted by atomic mass is 10.1. The second-order valence-electron chi connectivity index (χ2n) is 5.83. The van der Waals surface area contributed by atoms with Crippen molar-refractivity contribution in [1.29, 1.82) is 0 Å². The Labute approximate surface area is 126 Å². The largest absolute Gasteiger partial charge is 0.391 e. The maximum absolute atomic E-state index is 12.7. The molecule has 1 fully saturated rings. The van der Waals surface area contributed by atoms with Crippen LogP contribution in [0.3, 0.4) is 0 Å². The summed E-state index contributed by atoms with van der Waals surface area (Å²) in [6.45, 7) is 2.45. The van der Waals surface area contributed by atoms with Crippen LogP contribution in [0.1, 0.15) is 18.5 Å². The van der Waals surface area contributed by atoms with Crippen molar-refractivity contribution in [2.75, 3.05) is 27.2 Å². The third-order valence-corrected chi connectivity index (χ3v) is 6.04. The molecule has 0 aromatic carbocycles. The van der Waals surface area contributed by atoms with Crippen LogP contribution in [0.25, 0.3) is 0 Å². The predicted octanol–water partition coefficient (Wildman–Crippen LogP) is -0.196. The molecule has 7 nitrogen and oxygen atoms in total. The number of aromatic nitrogens is 2. The lowest BCUT2D eigenvalue weighted by Crippen LogP contribution is -2.38. The number of sulfonamides is 1. The second kappa shape index (κ2) is 6.04. The zero-order chi connectivity index (χ0) is 15.8. The minimum absolute atomic E-state index is 0.0137. The molecule has 2 atom stereocenters. The Kier molecular flexibility index (Phi) is 4.72. The Bertz CT molecular complexity index is 597. The first-order valence-corrected chi connectivity index (χ1v) is 8.52. The van der Waals surface area contributed by atoms with Gasteiger partial charge in [-0.2, -0.15) is 9.40 Å². The maximum atomic E-state index is 12.7. The van der Waals surface area contributed by atoms with E-state index in [1.54, 1.807) is 14.0 Å². The van der Waals surface area contributed by atoms with E-state index in [1.807, 2.05) is 19.0 Å². The van der Waals surface area contributed by atoms with Crippen molar-refractivity contribution in [3.63, 3.8) is 0 Å². The summed E-state index contributed by atoms with van der Waals surface area (Å²) in [5, 5.41) is 14.3. The number of nitrogens with zero attached hydrogens (tertiary/aromatic N) is 4. The molecule has 120 valence electrons. The summed E-state index contributed by atoms with van der Waals surface area (Å²) in [6, 6.07) is -0.0137. The van der Waals surface area contributed by atoms with Gasteiger partial charge in [0.15, 0.2) is 0 Å². The molecule has 0 unspecified atom stereocenters. The summed E-state index contributed by atoms with van der Waals surface area (Å²) < 4.78 is 28.4. The van der Waals surface area contributed by atoms with E-state index in [9.17, 15) is 13.5 Å². The first kappa shape index (κ1) is 16.4. The van der Waals surface area contributed by atoms with Crippen LogP contribution in [0.4, 0.5) is 0 Å². The van der Waals surface area contributed by atoms with E-state index in [2.05, 4.69) is 5.10 Å². The topological polar surface area (TPSA) is 78.7 Å². The quantitative estimate of drug-likeness (QED) is 0.836. The molecule has 1 saturated heterocycles. The summed E-state index contributed by atoms with van der Waals surface area (Å²) in [5.74, 6) is 0. The Balaban J connectivity index is 2.24. The van der Waals surface area contributed by atoms with Gasteiger partial charge in [0.1, 0.15) is 4.90 Å². The number of aryl methyl sites for hydroxylation is 2. The molecule has 1 aliphatic rings. The first-order valence-electron chi connectivity index (χ1n) is 7.08. The van der Waals surface area contributed by atoms with Gasteiger partial charge in [-0.05, 0) is 33.9 Å². The molecule has 1 aromatic heterocycles. The van der Waals surface area contributed by atoms with Crippen LogP contribution in [-0.4, -0.2) is 71.8 Å². The third kappa shape index (κ3) is 3.28. The highest BCUT2D eigenvalue weighted by Gasteiger charge is 2.33. The smallest absolute Gasteiger partial charge is 0.246 e. The van der Waals surface area contributed by atoms with Gasteiger partial charge < -0.3 is 10.0 Å². The lowest BCUT2D eigenvalue weighted by molar-refractivity contribution is 0.0739. The van der Waals surface area contributed by atoms with Crippen molar-refractivity contribution in [2.45, 2.75) is 36.8 Å². The van der Waals surface area contributed by atoms with Crippen LogP contribution in [0.5, 0.6) is 0 Å². The second-order valence-corrected chi connectivity index (χ2v) is 7.74. The molecule has 0 amide bonds. The normalized spacial score (nSPS) is 25.2. The predicted molar refractivity (Wildman–Crippen MR) is 79.4 cm³/mol. The van der Waals surface area contributed by atoms with Gasteiger partial charge in [-0.1, -0.05) is 0 Å². The van der Waals surface area contributed by atoms with Crippen molar-refractivity contribution >= 4 is 10.0 Å². The van der Waals surface area contributed by atoms with Crippen molar-refractivity contribution in [1.82, 2.24) is 19.0 Å². The minimum Gasteiger partial charge on any atom is -0.391 e. The van der Waals surface area contributed by atoms with Crippen molar-refractivity contribution in [2.24, 2.45) is 7.05 Å². The lowest BCUT2D eigenvalue weighted by Gasteiger charge is -2.26. The molecule has 0 saturated carbocycles. The molecule has 1 N–H and O–H groups in total. The summed E-state index contributed by atoms with van der Waals surface area (Å²) in [5.41, 5.74) is 0.506. The molecule has 0 spiro atoms. The highest BCUT2D eigenvalue weighted by atomic mass is 32.2. The van der Waals surface area contributed by atoms with Crippen LogP contribution >= 0.6 is 0 Å². The van der Waals surface area contributed by atoms with Gasteiger partial charge in [-0.15, -0.1) is 0 Å². The minimum atomic E-state index is -3.55.